The molecule has 2 saturated heterocycles. The molecule has 26 heavy (non-hydrogen) atoms. The lowest BCUT2D eigenvalue weighted by Gasteiger charge is -2.42. The molecule has 1 amide bonds. The largest absolute Gasteiger partial charge is 0.481 e. The number of ether oxygens (including phenoxy) is 1. The molecule has 3 aliphatic rings. The standard InChI is InChI=1S/C20H34N2O4/c1-26-12-7-18(23)22-14-17(19(24)25)20(15-22)8-10-21(11-9-20)13-16-5-3-2-4-6-16/h16-17H,2-15H2,1H3,(H,24,25). The quantitative estimate of drug-likeness (QED) is 0.781. The second-order valence-corrected chi connectivity index (χ2v) is 8.57. The van der Waals surface area contributed by atoms with Crippen molar-refractivity contribution < 1.29 is 19.4 Å². The normalized spacial score (nSPS) is 27.1. The van der Waals surface area contributed by atoms with Crippen molar-refractivity contribution in [1.29, 1.82) is 0 Å². The van der Waals surface area contributed by atoms with Crippen molar-refractivity contribution in [2.24, 2.45) is 17.3 Å². The fourth-order valence-corrected chi connectivity index (χ4v) is 5.27. The van der Waals surface area contributed by atoms with Crippen molar-refractivity contribution in [3.8, 4) is 0 Å². The molecule has 6 heteroatoms. The van der Waals surface area contributed by atoms with E-state index in [2.05, 4.69) is 4.90 Å². The molecule has 0 bridgehead atoms. The Hall–Kier alpha value is -1.14. The number of carboxylic acids is 1. The number of aliphatic carboxylic acids is 1. The molecule has 1 saturated carbocycles. The van der Waals surface area contributed by atoms with Gasteiger partial charge in [0.15, 0.2) is 0 Å². The highest BCUT2D eigenvalue weighted by Crippen LogP contribution is 2.45. The molecule has 148 valence electrons. The van der Waals surface area contributed by atoms with Gasteiger partial charge >= 0.3 is 5.97 Å². The second kappa shape index (κ2) is 8.70. The zero-order valence-electron chi connectivity index (χ0n) is 16.1. The lowest BCUT2D eigenvalue weighted by molar-refractivity contribution is -0.145. The Balaban J connectivity index is 1.57. The molecular formula is C20H34N2O4. The van der Waals surface area contributed by atoms with Crippen molar-refractivity contribution in [3.63, 3.8) is 0 Å². The van der Waals surface area contributed by atoms with Gasteiger partial charge in [-0.15, -0.1) is 0 Å². The van der Waals surface area contributed by atoms with Crippen molar-refractivity contribution in [2.75, 3.05) is 46.4 Å². The third-order valence-electron chi connectivity index (χ3n) is 6.91. The molecule has 1 spiro atoms. The molecule has 1 unspecified atom stereocenters. The molecule has 2 aliphatic heterocycles. The summed E-state index contributed by atoms with van der Waals surface area (Å²) in [5, 5.41) is 9.76. The third kappa shape index (κ3) is 4.39. The van der Waals surface area contributed by atoms with Gasteiger partial charge in [0.1, 0.15) is 0 Å². The Morgan fingerprint density at radius 2 is 1.85 bits per heavy atom. The van der Waals surface area contributed by atoms with Gasteiger partial charge < -0.3 is 19.6 Å². The van der Waals surface area contributed by atoms with Gasteiger partial charge in [-0.25, -0.2) is 0 Å². The highest BCUT2D eigenvalue weighted by molar-refractivity contribution is 5.79. The Morgan fingerprint density at radius 3 is 2.46 bits per heavy atom. The van der Waals surface area contributed by atoms with E-state index in [9.17, 15) is 14.7 Å². The molecule has 1 N–H and O–H groups in total. The van der Waals surface area contributed by atoms with Crippen LogP contribution < -0.4 is 0 Å². The van der Waals surface area contributed by atoms with E-state index < -0.39 is 11.9 Å². The summed E-state index contributed by atoms with van der Waals surface area (Å²) in [6.07, 6.45) is 8.93. The van der Waals surface area contributed by atoms with Gasteiger partial charge in [0.25, 0.3) is 0 Å². The van der Waals surface area contributed by atoms with E-state index in [0.29, 0.717) is 26.1 Å². The van der Waals surface area contributed by atoms with Gasteiger partial charge in [-0.1, -0.05) is 19.3 Å². The van der Waals surface area contributed by atoms with Gasteiger partial charge in [-0.3, -0.25) is 9.59 Å². The number of piperidine rings is 1. The van der Waals surface area contributed by atoms with Crippen LogP contribution >= 0.6 is 0 Å². The van der Waals surface area contributed by atoms with E-state index in [1.165, 1.54) is 38.6 Å². The molecule has 1 atom stereocenters. The highest BCUT2D eigenvalue weighted by atomic mass is 16.5. The van der Waals surface area contributed by atoms with Crippen LogP contribution in [0.5, 0.6) is 0 Å². The number of rotatable bonds is 6. The van der Waals surface area contributed by atoms with Crippen molar-refractivity contribution in [1.82, 2.24) is 9.80 Å². The first-order valence-electron chi connectivity index (χ1n) is 10.3. The first-order chi connectivity index (χ1) is 12.5. The summed E-state index contributed by atoms with van der Waals surface area (Å²) >= 11 is 0. The minimum Gasteiger partial charge on any atom is -0.481 e. The van der Waals surface area contributed by atoms with Gasteiger partial charge in [0.2, 0.25) is 5.91 Å². The summed E-state index contributed by atoms with van der Waals surface area (Å²) in [5.74, 6) is -0.318. The number of carboxylic acid groups (broad SMARTS) is 1. The summed E-state index contributed by atoms with van der Waals surface area (Å²) in [6.45, 7) is 4.48. The van der Waals surface area contributed by atoms with Crippen molar-refractivity contribution in [2.45, 2.75) is 51.4 Å². The predicted octanol–water partition coefficient (Wildman–Crippen LogP) is 2.23. The molecule has 0 aromatic rings. The summed E-state index contributed by atoms with van der Waals surface area (Å²) < 4.78 is 5.00. The van der Waals surface area contributed by atoms with E-state index in [1.807, 2.05) is 0 Å². The van der Waals surface area contributed by atoms with Crippen LogP contribution in [0.25, 0.3) is 0 Å². The number of amides is 1. The molecule has 0 aromatic heterocycles. The van der Waals surface area contributed by atoms with Gasteiger partial charge in [0.05, 0.1) is 18.9 Å². The molecule has 2 heterocycles. The Kier molecular flexibility index (Phi) is 6.56. The van der Waals surface area contributed by atoms with Gasteiger partial charge in [-0.05, 0) is 44.7 Å². The van der Waals surface area contributed by atoms with Crippen LogP contribution in [0.15, 0.2) is 0 Å². The zero-order valence-corrected chi connectivity index (χ0v) is 16.1. The molecule has 3 rings (SSSR count). The van der Waals surface area contributed by atoms with E-state index in [0.717, 1.165) is 31.8 Å². The first-order valence-corrected chi connectivity index (χ1v) is 10.3. The van der Waals surface area contributed by atoms with Crippen LogP contribution in [0.3, 0.4) is 0 Å². The first kappa shape index (κ1) is 19.6. The summed E-state index contributed by atoms with van der Waals surface area (Å²) in [6, 6.07) is 0. The van der Waals surface area contributed by atoms with E-state index in [-0.39, 0.29) is 11.3 Å². The van der Waals surface area contributed by atoms with Crippen LogP contribution in [0.4, 0.5) is 0 Å². The second-order valence-electron chi connectivity index (χ2n) is 8.57. The Labute approximate surface area is 156 Å². The van der Waals surface area contributed by atoms with Crippen LogP contribution in [-0.4, -0.2) is 73.2 Å². The van der Waals surface area contributed by atoms with Crippen LogP contribution in [0, 0.1) is 17.3 Å². The molecule has 6 nitrogen and oxygen atoms in total. The number of carbonyl (C=O) groups is 2. The molecule has 0 radical (unpaired) electrons. The molecule has 3 fully saturated rings. The maximum atomic E-state index is 12.4. The summed E-state index contributed by atoms with van der Waals surface area (Å²) in [5.41, 5.74) is -0.238. The summed E-state index contributed by atoms with van der Waals surface area (Å²) in [7, 11) is 1.58. The van der Waals surface area contributed by atoms with E-state index >= 15 is 0 Å². The number of carbonyl (C=O) groups excluding carboxylic acids is 1. The average Bonchev–Trinajstić information content (AvgIpc) is 3.02. The number of hydrogen-bond acceptors (Lipinski definition) is 4. The zero-order chi connectivity index (χ0) is 18.6. The minimum atomic E-state index is -0.743. The van der Waals surface area contributed by atoms with Crippen LogP contribution in [-0.2, 0) is 14.3 Å². The molecule has 1 aliphatic carbocycles. The topological polar surface area (TPSA) is 70.1 Å². The smallest absolute Gasteiger partial charge is 0.308 e. The van der Waals surface area contributed by atoms with Crippen LogP contribution in [0.1, 0.15) is 51.4 Å². The highest BCUT2D eigenvalue weighted by Gasteiger charge is 2.52. The van der Waals surface area contributed by atoms with E-state index in [1.54, 1.807) is 12.0 Å². The number of methoxy groups -OCH3 is 1. The number of likely N-dealkylation sites (tertiary alicyclic amines) is 2. The van der Waals surface area contributed by atoms with Crippen LogP contribution in [0.2, 0.25) is 0 Å². The predicted molar refractivity (Wildman–Crippen MR) is 98.9 cm³/mol. The third-order valence-corrected chi connectivity index (χ3v) is 6.91. The Bertz CT molecular complexity index is 496. The SMILES string of the molecule is COCCC(=O)N1CC(C(=O)O)C2(CCN(CC3CCCCC3)CC2)C1. The molecule has 0 aromatic carbocycles. The maximum absolute atomic E-state index is 12.4. The minimum absolute atomic E-state index is 0.0274. The lowest BCUT2D eigenvalue weighted by atomic mass is 9.70. The lowest BCUT2D eigenvalue weighted by Crippen LogP contribution is -2.47. The fraction of sp³-hybridized carbons (Fsp3) is 0.900. The molecular weight excluding hydrogens is 332 g/mol. The monoisotopic (exact) mass is 366 g/mol. The maximum Gasteiger partial charge on any atom is 0.308 e. The van der Waals surface area contributed by atoms with Crippen molar-refractivity contribution >= 4 is 11.9 Å². The van der Waals surface area contributed by atoms with Crippen molar-refractivity contribution in [3.05, 3.63) is 0 Å². The van der Waals surface area contributed by atoms with E-state index in [4.69, 9.17) is 4.74 Å². The number of nitrogens with zero attached hydrogens (tertiary/aromatic N) is 2. The Morgan fingerprint density at radius 1 is 1.15 bits per heavy atom. The summed E-state index contributed by atoms with van der Waals surface area (Å²) in [4.78, 5) is 28.6. The average molecular weight is 367 g/mol. The fourth-order valence-electron chi connectivity index (χ4n) is 5.27. The van der Waals surface area contributed by atoms with Gasteiger partial charge in [0, 0.05) is 32.2 Å². The van der Waals surface area contributed by atoms with Gasteiger partial charge in [-0.2, -0.15) is 0 Å². The number of hydrogen-bond donors (Lipinski definition) is 1.